The normalized spacial score (nSPS) is 16.6. The van der Waals surface area contributed by atoms with Crippen molar-refractivity contribution in [1.29, 1.82) is 0 Å². The summed E-state index contributed by atoms with van der Waals surface area (Å²) in [5.74, 6) is 0.687. The van der Waals surface area contributed by atoms with E-state index in [0.29, 0.717) is 25.3 Å². The Morgan fingerprint density at radius 2 is 2.29 bits per heavy atom. The number of hydrogen-bond acceptors (Lipinski definition) is 4. The van der Waals surface area contributed by atoms with E-state index >= 15 is 0 Å². The summed E-state index contributed by atoms with van der Waals surface area (Å²) in [6.07, 6.45) is 3.93. The lowest BCUT2D eigenvalue weighted by Gasteiger charge is -2.19. The van der Waals surface area contributed by atoms with Crippen LogP contribution in [0.25, 0.3) is 0 Å². The van der Waals surface area contributed by atoms with Crippen molar-refractivity contribution in [3.63, 3.8) is 0 Å². The van der Waals surface area contributed by atoms with Gasteiger partial charge in [0.15, 0.2) is 5.03 Å². The highest BCUT2D eigenvalue weighted by molar-refractivity contribution is 7.89. The van der Waals surface area contributed by atoms with Gasteiger partial charge in [0.1, 0.15) is 5.82 Å². The summed E-state index contributed by atoms with van der Waals surface area (Å²) in [5, 5.41) is 0.176. The van der Waals surface area contributed by atoms with Crippen molar-refractivity contribution in [1.82, 2.24) is 14.3 Å². The van der Waals surface area contributed by atoms with E-state index in [1.165, 1.54) is 10.5 Å². The predicted molar refractivity (Wildman–Crippen MR) is 63.9 cm³/mol. The molecule has 3 N–H and O–H groups in total. The molecular weight excluding hydrogens is 240 g/mol. The van der Waals surface area contributed by atoms with Crippen LogP contribution in [0.2, 0.25) is 0 Å². The average molecular weight is 258 g/mol. The Morgan fingerprint density at radius 1 is 1.59 bits per heavy atom. The van der Waals surface area contributed by atoms with Gasteiger partial charge in [-0.15, -0.1) is 0 Å². The van der Waals surface area contributed by atoms with Crippen LogP contribution in [-0.2, 0) is 16.4 Å². The third kappa shape index (κ3) is 2.51. The van der Waals surface area contributed by atoms with Crippen LogP contribution in [0.4, 0.5) is 0 Å². The number of H-pyrrole nitrogens is 1. The molecule has 1 fully saturated rings. The molecule has 0 atom stereocenters. The Morgan fingerprint density at radius 3 is 2.76 bits per heavy atom. The number of nitrogens with one attached hydrogen (secondary N) is 1. The third-order valence-electron chi connectivity index (χ3n) is 2.83. The lowest BCUT2D eigenvalue weighted by molar-refractivity contribution is 0.409. The minimum atomic E-state index is -3.45. The van der Waals surface area contributed by atoms with E-state index in [1.54, 1.807) is 0 Å². The highest BCUT2D eigenvalue weighted by atomic mass is 32.2. The number of hydrogen-bond donors (Lipinski definition) is 2. The molecule has 0 aliphatic heterocycles. The van der Waals surface area contributed by atoms with Crippen LogP contribution >= 0.6 is 0 Å². The van der Waals surface area contributed by atoms with E-state index in [4.69, 9.17) is 5.73 Å². The maximum Gasteiger partial charge on any atom is 0.260 e. The smallest absolute Gasteiger partial charge is 0.260 e. The molecule has 17 heavy (non-hydrogen) atoms. The molecule has 1 aromatic rings. The van der Waals surface area contributed by atoms with Crippen molar-refractivity contribution in [2.45, 2.75) is 37.3 Å². The van der Waals surface area contributed by atoms with Crippen LogP contribution in [0.15, 0.2) is 11.2 Å². The number of sulfonamides is 1. The fourth-order valence-electron chi connectivity index (χ4n) is 1.77. The quantitative estimate of drug-likeness (QED) is 0.756. The van der Waals surface area contributed by atoms with E-state index in [2.05, 4.69) is 9.97 Å². The van der Waals surface area contributed by atoms with Gasteiger partial charge < -0.3 is 10.7 Å². The van der Waals surface area contributed by atoms with E-state index in [0.717, 1.165) is 12.8 Å². The van der Waals surface area contributed by atoms with Crippen molar-refractivity contribution in [3.05, 3.63) is 12.0 Å². The van der Waals surface area contributed by atoms with Crippen LogP contribution < -0.4 is 5.73 Å². The second kappa shape index (κ2) is 4.75. The molecule has 0 unspecified atom stereocenters. The Kier molecular flexibility index (Phi) is 3.50. The second-order valence-electron chi connectivity index (χ2n) is 4.18. The van der Waals surface area contributed by atoms with Crippen molar-refractivity contribution in [3.8, 4) is 0 Å². The number of aromatic amines is 1. The molecule has 1 heterocycles. The van der Waals surface area contributed by atoms with Crippen molar-refractivity contribution < 1.29 is 8.42 Å². The predicted octanol–water partition coefficient (Wildman–Crippen LogP) is 0.0839. The molecule has 1 aromatic heterocycles. The van der Waals surface area contributed by atoms with E-state index < -0.39 is 10.0 Å². The molecule has 0 saturated heterocycles. The van der Waals surface area contributed by atoms with Crippen LogP contribution in [0.3, 0.4) is 0 Å². The lowest BCUT2D eigenvalue weighted by Crippen LogP contribution is -2.37. The topological polar surface area (TPSA) is 92.1 Å². The molecule has 7 heteroatoms. The first kappa shape index (κ1) is 12.5. The van der Waals surface area contributed by atoms with Crippen LogP contribution in [0.1, 0.15) is 25.6 Å². The molecule has 6 nitrogen and oxygen atoms in total. The number of nitrogens with zero attached hydrogens (tertiary/aromatic N) is 2. The summed E-state index contributed by atoms with van der Waals surface area (Å²) in [6.45, 7) is 2.63. The number of aryl methyl sites for hydroxylation is 1. The first-order valence-corrected chi connectivity index (χ1v) is 7.29. The summed E-state index contributed by atoms with van der Waals surface area (Å²) in [4.78, 5) is 6.87. The van der Waals surface area contributed by atoms with E-state index in [9.17, 15) is 8.42 Å². The fourth-order valence-corrected chi connectivity index (χ4v) is 3.40. The van der Waals surface area contributed by atoms with Gasteiger partial charge >= 0.3 is 0 Å². The lowest BCUT2D eigenvalue weighted by atomic mass is 10.5. The zero-order chi connectivity index (χ0) is 12.5. The Balaban J connectivity index is 2.26. The van der Waals surface area contributed by atoms with Gasteiger partial charge in [-0.05, 0) is 12.8 Å². The Hall–Kier alpha value is -0.920. The number of aromatic nitrogens is 2. The van der Waals surface area contributed by atoms with E-state index in [-0.39, 0.29) is 11.1 Å². The summed E-state index contributed by atoms with van der Waals surface area (Å²) < 4.78 is 26.2. The largest absolute Gasteiger partial charge is 0.332 e. The summed E-state index contributed by atoms with van der Waals surface area (Å²) in [5.41, 5.74) is 5.47. The average Bonchev–Trinajstić information content (AvgIpc) is 3.01. The summed E-state index contributed by atoms with van der Waals surface area (Å²) in [7, 11) is -3.45. The molecule has 0 amide bonds. The molecule has 0 bridgehead atoms. The van der Waals surface area contributed by atoms with E-state index in [1.807, 2.05) is 6.92 Å². The van der Waals surface area contributed by atoms with Gasteiger partial charge in [-0.2, -0.15) is 4.31 Å². The standard InChI is InChI=1S/C10H18N4O2S/c1-2-9-12-7-10(13-9)17(15,16)14(6-5-11)8-3-4-8/h7-8H,2-6,11H2,1H3,(H,12,13). The third-order valence-corrected chi connectivity index (χ3v) is 4.69. The Bertz CT molecular complexity index is 478. The van der Waals surface area contributed by atoms with Crippen LogP contribution in [-0.4, -0.2) is 41.8 Å². The van der Waals surface area contributed by atoms with Gasteiger partial charge in [-0.25, -0.2) is 13.4 Å². The van der Waals surface area contributed by atoms with Gasteiger partial charge in [0.2, 0.25) is 0 Å². The van der Waals surface area contributed by atoms with Gasteiger partial charge in [-0.1, -0.05) is 6.92 Å². The van der Waals surface area contributed by atoms with Gasteiger partial charge in [0.25, 0.3) is 10.0 Å². The fraction of sp³-hybridized carbons (Fsp3) is 0.700. The first-order chi connectivity index (χ1) is 8.09. The maximum absolute atomic E-state index is 12.3. The van der Waals surface area contributed by atoms with Gasteiger partial charge in [-0.3, -0.25) is 0 Å². The highest BCUT2D eigenvalue weighted by Crippen LogP contribution is 2.31. The van der Waals surface area contributed by atoms with Crippen molar-refractivity contribution >= 4 is 10.0 Å². The molecule has 1 aliphatic rings. The molecule has 0 aromatic carbocycles. The number of imidazole rings is 1. The number of rotatable bonds is 6. The minimum Gasteiger partial charge on any atom is -0.332 e. The Labute approximate surface area is 101 Å². The SMILES string of the molecule is CCc1ncc(S(=O)(=O)N(CCN)C2CC2)[nH]1. The second-order valence-corrected chi connectivity index (χ2v) is 6.04. The molecule has 1 saturated carbocycles. The zero-order valence-electron chi connectivity index (χ0n) is 9.89. The monoisotopic (exact) mass is 258 g/mol. The maximum atomic E-state index is 12.3. The molecule has 2 rings (SSSR count). The van der Waals surface area contributed by atoms with Crippen molar-refractivity contribution in [2.24, 2.45) is 5.73 Å². The highest BCUT2D eigenvalue weighted by Gasteiger charge is 2.38. The molecule has 1 aliphatic carbocycles. The molecule has 96 valence electrons. The van der Waals surface area contributed by atoms with Crippen LogP contribution in [0.5, 0.6) is 0 Å². The first-order valence-electron chi connectivity index (χ1n) is 5.85. The van der Waals surface area contributed by atoms with Gasteiger partial charge in [0.05, 0.1) is 6.20 Å². The number of nitrogens with two attached hydrogens (primary N) is 1. The molecule has 0 radical (unpaired) electrons. The summed E-state index contributed by atoms with van der Waals surface area (Å²) >= 11 is 0. The zero-order valence-corrected chi connectivity index (χ0v) is 10.7. The molecular formula is C10H18N4O2S. The van der Waals surface area contributed by atoms with Crippen molar-refractivity contribution in [2.75, 3.05) is 13.1 Å². The van der Waals surface area contributed by atoms with Gasteiger partial charge in [0, 0.05) is 25.6 Å². The minimum absolute atomic E-state index is 0.122. The molecule has 0 spiro atoms. The summed E-state index contributed by atoms with van der Waals surface area (Å²) in [6, 6.07) is 0.122. The van der Waals surface area contributed by atoms with Crippen LogP contribution in [0, 0.1) is 0 Å².